The van der Waals surface area contributed by atoms with Gasteiger partial charge in [-0.1, -0.05) is 0 Å². The second-order valence-electron chi connectivity index (χ2n) is 6.75. The predicted octanol–water partition coefficient (Wildman–Crippen LogP) is 1.58. The van der Waals surface area contributed by atoms with Crippen LogP contribution in [0.2, 0.25) is 0 Å². The third-order valence-electron chi connectivity index (χ3n) is 4.50. The van der Waals surface area contributed by atoms with Gasteiger partial charge in [0.1, 0.15) is 17.1 Å². The molecule has 2 aromatic heterocycles. The van der Waals surface area contributed by atoms with Gasteiger partial charge in [0.2, 0.25) is 15.7 Å². The normalized spacial score (nSPS) is 18.0. The van der Waals surface area contributed by atoms with Crippen LogP contribution in [0.1, 0.15) is 43.4 Å². The maximum absolute atomic E-state index is 13.2. The lowest BCUT2D eigenvalue weighted by atomic mass is 10.3. The first-order chi connectivity index (χ1) is 12.8. The SMILES string of the molecule is Cc1nn(C(C)C)c(C)c1S(=O)(=O)N1CC[C@@H](Oc2nccnc2C#N)C1. The van der Waals surface area contributed by atoms with Crippen LogP contribution in [-0.2, 0) is 10.0 Å². The van der Waals surface area contributed by atoms with E-state index in [9.17, 15) is 8.42 Å². The van der Waals surface area contributed by atoms with E-state index < -0.39 is 10.0 Å². The standard InChI is InChI=1S/C17H22N6O3S/c1-11(2)23-13(4)16(12(3)21-23)27(24,25)22-8-5-14(10-22)26-17-15(9-18)19-6-7-20-17/h6-7,11,14H,5,8,10H2,1-4H3/t14-/m1/s1. The van der Waals surface area contributed by atoms with Gasteiger partial charge >= 0.3 is 0 Å². The van der Waals surface area contributed by atoms with Gasteiger partial charge in [-0.2, -0.15) is 14.7 Å². The molecule has 9 nitrogen and oxygen atoms in total. The average molecular weight is 390 g/mol. The summed E-state index contributed by atoms with van der Waals surface area (Å²) in [5.41, 5.74) is 1.21. The largest absolute Gasteiger partial charge is 0.471 e. The third-order valence-corrected chi connectivity index (χ3v) is 6.62. The van der Waals surface area contributed by atoms with E-state index in [2.05, 4.69) is 15.1 Å². The minimum Gasteiger partial charge on any atom is -0.471 e. The summed E-state index contributed by atoms with van der Waals surface area (Å²) in [6.07, 6.45) is 2.97. The fourth-order valence-corrected chi connectivity index (χ4v) is 5.16. The topological polar surface area (TPSA) is 114 Å². The quantitative estimate of drug-likeness (QED) is 0.761. The molecule has 1 atom stereocenters. The number of nitriles is 1. The van der Waals surface area contributed by atoms with Gasteiger partial charge in [0.15, 0.2) is 0 Å². The molecule has 2 aromatic rings. The first kappa shape index (κ1) is 19.3. The van der Waals surface area contributed by atoms with Crippen molar-refractivity contribution in [1.82, 2.24) is 24.1 Å². The fourth-order valence-electron chi connectivity index (χ4n) is 3.31. The third kappa shape index (κ3) is 3.52. The minimum atomic E-state index is -3.68. The summed E-state index contributed by atoms with van der Waals surface area (Å²) < 4.78 is 35.2. The van der Waals surface area contributed by atoms with E-state index in [0.717, 1.165) is 0 Å². The summed E-state index contributed by atoms with van der Waals surface area (Å²) in [6.45, 7) is 7.93. The Morgan fingerprint density at radius 3 is 2.63 bits per heavy atom. The predicted molar refractivity (Wildman–Crippen MR) is 96.6 cm³/mol. The van der Waals surface area contributed by atoms with Crippen molar-refractivity contribution in [3.63, 3.8) is 0 Å². The highest BCUT2D eigenvalue weighted by atomic mass is 32.2. The zero-order valence-corrected chi connectivity index (χ0v) is 16.6. The van der Waals surface area contributed by atoms with Crippen molar-refractivity contribution >= 4 is 10.0 Å². The Bertz CT molecular complexity index is 993. The monoisotopic (exact) mass is 390 g/mol. The van der Waals surface area contributed by atoms with Gasteiger partial charge in [-0.05, 0) is 34.1 Å². The van der Waals surface area contributed by atoms with Crippen LogP contribution in [0.25, 0.3) is 0 Å². The van der Waals surface area contributed by atoms with Gasteiger partial charge in [0.25, 0.3) is 5.88 Å². The van der Waals surface area contributed by atoms with Crippen LogP contribution in [0.15, 0.2) is 17.3 Å². The van der Waals surface area contributed by atoms with E-state index in [4.69, 9.17) is 10.00 Å². The molecule has 0 amide bonds. The summed E-state index contributed by atoms with van der Waals surface area (Å²) in [5, 5.41) is 13.5. The number of ether oxygens (including phenoxy) is 1. The molecule has 3 rings (SSSR count). The van der Waals surface area contributed by atoms with Crippen molar-refractivity contribution in [2.24, 2.45) is 0 Å². The maximum atomic E-state index is 13.2. The maximum Gasteiger partial charge on any atom is 0.251 e. The first-order valence-electron chi connectivity index (χ1n) is 8.69. The molecule has 27 heavy (non-hydrogen) atoms. The lowest BCUT2D eigenvalue weighted by Gasteiger charge is -2.17. The molecule has 1 saturated heterocycles. The lowest BCUT2D eigenvalue weighted by Crippen LogP contribution is -2.32. The van der Waals surface area contributed by atoms with Crippen molar-refractivity contribution in [1.29, 1.82) is 5.26 Å². The Morgan fingerprint density at radius 1 is 1.30 bits per heavy atom. The number of hydrogen-bond acceptors (Lipinski definition) is 7. The molecule has 0 aliphatic carbocycles. The second kappa shape index (κ2) is 7.25. The Morgan fingerprint density at radius 2 is 2.00 bits per heavy atom. The Hall–Kier alpha value is -2.51. The molecule has 0 saturated carbocycles. The molecule has 0 aromatic carbocycles. The highest BCUT2D eigenvalue weighted by molar-refractivity contribution is 7.89. The minimum absolute atomic E-state index is 0.0726. The van der Waals surface area contributed by atoms with Crippen LogP contribution in [0.3, 0.4) is 0 Å². The van der Waals surface area contributed by atoms with Gasteiger partial charge in [0, 0.05) is 25.0 Å². The van der Waals surface area contributed by atoms with E-state index in [1.165, 1.54) is 16.7 Å². The molecule has 0 spiro atoms. The number of aromatic nitrogens is 4. The van der Waals surface area contributed by atoms with Gasteiger partial charge in [-0.15, -0.1) is 0 Å². The summed E-state index contributed by atoms with van der Waals surface area (Å²) in [4.78, 5) is 8.18. The molecule has 0 unspecified atom stereocenters. The van der Waals surface area contributed by atoms with Crippen molar-refractivity contribution < 1.29 is 13.2 Å². The summed E-state index contributed by atoms with van der Waals surface area (Å²) in [5.74, 6) is 0.129. The molecular formula is C17H22N6O3S. The van der Waals surface area contributed by atoms with Gasteiger partial charge in [-0.25, -0.2) is 18.4 Å². The number of aryl methyl sites for hydroxylation is 1. The van der Waals surface area contributed by atoms with Crippen molar-refractivity contribution in [3.8, 4) is 11.9 Å². The van der Waals surface area contributed by atoms with Gasteiger partial charge in [0.05, 0.1) is 17.9 Å². The van der Waals surface area contributed by atoms with Crippen LogP contribution in [0, 0.1) is 25.2 Å². The van der Waals surface area contributed by atoms with Crippen LogP contribution in [-0.4, -0.2) is 51.7 Å². The highest BCUT2D eigenvalue weighted by Crippen LogP contribution is 2.29. The van der Waals surface area contributed by atoms with Gasteiger partial charge < -0.3 is 4.74 Å². The van der Waals surface area contributed by atoms with E-state index in [0.29, 0.717) is 24.4 Å². The Balaban J connectivity index is 1.82. The molecule has 3 heterocycles. The van der Waals surface area contributed by atoms with E-state index in [1.54, 1.807) is 18.5 Å². The summed E-state index contributed by atoms with van der Waals surface area (Å²) in [6, 6.07) is 2.00. The molecule has 1 fully saturated rings. The van der Waals surface area contributed by atoms with Gasteiger partial charge in [-0.3, -0.25) is 4.68 Å². The Labute approximate surface area is 158 Å². The highest BCUT2D eigenvalue weighted by Gasteiger charge is 2.37. The zero-order chi connectivity index (χ0) is 19.8. The smallest absolute Gasteiger partial charge is 0.251 e. The van der Waals surface area contributed by atoms with E-state index >= 15 is 0 Å². The molecular weight excluding hydrogens is 368 g/mol. The second-order valence-corrected chi connectivity index (χ2v) is 8.63. The molecule has 144 valence electrons. The number of hydrogen-bond donors (Lipinski definition) is 0. The van der Waals surface area contributed by atoms with Crippen molar-refractivity contribution in [2.45, 2.75) is 51.2 Å². The molecule has 0 radical (unpaired) electrons. The number of sulfonamides is 1. The van der Waals surface area contributed by atoms with Crippen LogP contribution >= 0.6 is 0 Å². The zero-order valence-electron chi connectivity index (χ0n) is 15.7. The van der Waals surface area contributed by atoms with Crippen LogP contribution in [0.4, 0.5) is 0 Å². The van der Waals surface area contributed by atoms with Crippen molar-refractivity contribution in [2.75, 3.05) is 13.1 Å². The summed E-state index contributed by atoms with van der Waals surface area (Å²) in [7, 11) is -3.68. The van der Waals surface area contributed by atoms with E-state index in [-0.39, 0.29) is 35.2 Å². The Kier molecular flexibility index (Phi) is 5.17. The number of nitrogens with zero attached hydrogens (tertiary/aromatic N) is 6. The number of rotatable bonds is 5. The molecule has 0 N–H and O–H groups in total. The fraction of sp³-hybridized carbons (Fsp3) is 0.529. The van der Waals surface area contributed by atoms with Crippen LogP contribution < -0.4 is 4.74 Å². The molecule has 1 aliphatic heterocycles. The molecule has 0 bridgehead atoms. The first-order valence-corrected chi connectivity index (χ1v) is 10.1. The summed E-state index contributed by atoms with van der Waals surface area (Å²) >= 11 is 0. The lowest BCUT2D eigenvalue weighted by molar-refractivity contribution is 0.205. The average Bonchev–Trinajstić information content (AvgIpc) is 3.20. The van der Waals surface area contributed by atoms with E-state index in [1.807, 2.05) is 19.9 Å². The van der Waals surface area contributed by atoms with Crippen LogP contribution in [0.5, 0.6) is 5.88 Å². The van der Waals surface area contributed by atoms with Crippen molar-refractivity contribution in [3.05, 3.63) is 29.5 Å². The molecule has 1 aliphatic rings. The molecule has 10 heteroatoms.